The summed E-state index contributed by atoms with van der Waals surface area (Å²) in [6, 6.07) is 3.27. The molecule has 0 bridgehead atoms. The van der Waals surface area contributed by atoms with E-state index in [4.69, 9.17) is 0 Å². The number of aliphatic hydroxyl groups is 1. The van der Waals surface area contributed by atoms with Crippen molar-refractivity contribution in [2.45, 2.75) is 45.4 Å². The molecule has 2 fully saturated rings. The van der Waals surface area contributed by atoms with Crippen LogP contribution < -0.4 is 4.90 Å². The number of aryl methyl sites for hydroxylation is 1. The van der Waals surface area contributed by atoms with Gasteiger partial charge in [0.25, 0.3) is 0 Å². The van der Waals surface area contributed by atoms with Gasteiger partial charge in [0, 0.05) is 31.4 Å². The summed E-state index contributed by atoms with van der Waals surface area (Å²) >= 11 is 0. The topological polar surface area (TPSA) is 39.6 Å². The zero-order valence-electron chi connectivity index (χ0n) is 11.8. The lowest BCUT2D eigenvalue weighted by Crippen LogP contribution is -2.55. The van der Waals surface area contributed by atoms with E-state index >= 15 is 0 Å². The maximum atomic E-state index is 9.18. The van der Waals surface area contributed by atoms with Gasteiger partial charge in [-0.3, -0.25) is 4.90 Å². The fourth-order valence-corrected chi connectivity index (χ4v) is 3.50. The molecule has 1 aromatic rings. The maximum Gasteiger partial charge on any atom is 0.131 e. The number of hydrogen-bond acceptors (Lipinski definition) is 4. The highest BCUT2D eigenvalue weighted by Gasteiger charge is 2.35. The first-order chi connectivity index (χ1) is 9.19. The van der Waals surface area contributed by atoms with Gasteiger partial charge in [-0.25, -0.2) is 4.98 Å². The Balaban J connectivity index is 1.84. The van der Waals surface area contributed by atoms with Crippen molar-refractivity contribution in [3.8, 4) is 0 Å². The van der Waals surface area contributed by atoms with E-state index in [-0.39, 0.29) is 6.61 Å². The molecule has 4 heteroatoms. The summed E-state index contributed by atoms with van der Waals surface area (Å²) < 4.78 is 0. The van der Waals surface area contributed by atoms with E-state index in [1.807, 2.05) is 0 Å². The van der Waals surface area contributed by atoms with Gasteiger partial charge in [-0.2, -0.15) is 0 Å². The van der Waals surface area contributed by atoms with Crippen LogP contribution in [0, 0.1) is 6.92 Å². The number of hydrogen-bond donors (Lipinski definition) is 1. The number of piperazine rings is 1. The minimum Gasteiger partial charge on any atom is -0.392 e. The fraction of sp³-hybridized carbons (Fsp3) is 0.667. The number of fused-ring (bicyclic) bond motifs is 1. The number of pyridine rings is 1. The molecule has 19 heavy (non-hydrogen) atoms. The van der Waals surface area contributed by atoms with Crippen molar-refractivity contribution in [3.05, 3.63) is 23.4 Å². The molecule has 2 atom stereocenters. The standard InChI is InChI=1S/C15H23N3O/c1-11-6-13(10-19)7-16-15(11)18-9-14-4-3-5-17(14)8-12(18)2/h6-7,12,14,19H,3-5,8-10H2,1-2H3. The summed E-state index contributed by atoms with van der Waals surface area (Å²) in [7, 11) is 0. The van der Waals surface area contributed by atoms with Crippen molar-refractivity contribution in [3.63, 3.8) is 0 Å². The first-order valence-corrected chi connectivity index (χ1v) is 7.26. The van der Waals surface area contributed by atoms with Crippen molar-refractivity contribution in [2.75, 3.05) is 24.5 Å². The molecular weight excluding hydrogens is 238 g/mol. The second kappa shape index (κ2) is 5.10. The van der Waals surface area contributed by atoms with Crippen molar-refractivity contribution in [1.29, 1.82) is 0 Å². The summed E-state index contributed by atoms with van der Waals surface area (Å²) in [6.45, 7) is 7.95. The minimum atomic E-state index is 0.0695. The normalized spacial score (nSPS) is 27.6. The predicted molar refractivity (Wildman–Crippen MR) is 76.3 cm³/mol. The van der Waals surface area contributed by atoms with Gasteiger partial charge in [-0.05, 0) is 50.4 Å². The van der Waals surface area contributed by atoms with Gasteiger partial charge in [0.2, 0.25) is 0 Å². The van der Waals surface area contributed by atoms with Crippen LogP contribution in [0.3, 0.4) is 0 Å². The molecule has 3 rings (SSSR count). The third kappa shape index (κ3) is 2.35. The Hall–Kier alpha value is -1.13. The molecule has 0 amide bonds. The van der Waals surface area contributed by atoms with Crippen LogP contribution >= 0.6 is 0 Å². The van der Waals surface area contributed by atoms with Crippen molar-refractivity contribution in [1.82, 2.24) is 9.88 Å². The molecule has 2 aliphatic rings. The molecule has 3 heterocycles. The number of rotatable bonds is 2. The predicted octanol–water partition coefficient (Wildman–Crippen LogP) is 1.56. The Morgan fingerprint density at radius 1 is 1.42 bits per heavy atom. The largest absolute Gasteiger partial charge is 0.392 e. The Morgan fingerprint density at radius 3 is 3.00 bits per heavy atom. The molecular formula is C15H23N3O. The van der Waals surface area contributed by atoms with E-state index in [0.717, 1.165) is 24.5 Å². The highest BCUT2D eigenvalue weighted by Crippen LogP contribution is 2.29. The Morgan fingerprint density at radius 2 is 2.26 bits per heavy atom. The molecule has 0 saturated carbocycles. The minimum absolute atomic E-state index is 0.0695. The number of aliphatic hydroxyl groups excluding tert-OH is 1. The van der Waals surface area contributed by atoms with Crippen LogP contribution in [-0.2, 0) is 6.61 Å². The highest BCUT2D eigenvalue weighted by molar-refractivity contribution is 5.49. The average Bonchev–Trinajstić information content (AvgIpc) is 2.85. The molecule has 104 valence electrons. The quantitative estimate of drug-likeness (QED) is 0.877. The van der Waals surface area contributed by atoms with Gasteiger partial charge in [-0.1, -0.05) is 0 Å². The Bertz CT molecular complexity index is 463. The SMILES string of the molecule is Cc1cc(CO)cnc1N1CC2CCCN2CC1C. The average molecular weight is 261 g/mol. The molecule has 0 spiro atoms. The van der Waals surface area contributed by atoms with Crippen LogP contribution in [0.1, 0.15) is 30.9 Å². The van der Waals surface area contributed by atoms with Crippen molar-refractivity contribution in [2.24, 2.45) is 0 Å². The van der Waals surface area contributed by atoms with Crippen LogP contribution in [0.2, 0.25) is 0 Å². The van der Waals surface area contributed by atoms with Crippen LogP contribution in [0.15, 0.2) is 12.3 Å². The van der Waals surface area contributed by atoms with Crippen molar-refractivity contribution >= 4 is 5.82 Å². The number of anilines is 1. The van der Waals surface area contributed by atoms with Gasteiger partial charge in [0.05, 0.1) is 6.61 Å². The van der Waals surface area contributed by atoms with E-state index in [1.54, 1.807) is 6.20 Å². The van der Waals surface area contributed by atoms with Crippen LogP contribution in [0.5, 0.6) is 0 Å². The third-order valence-corrected chi connectivity index (χ3v) is 4.50. The first-order valence-electron chi connectivity index (χ1n) is 7.26. The molecule has 2 saturated heterocycles. The number of aromatic nitrogens is 1. The smallest absolute Gasteiger partial charge is 0.131 e. The zero-order chi connectivity index (χ0) is 13.4. The Kier molecular flexibility index (Phi) is 3.46. The third-order valence-electron chi connectivity index (χ3n) is 4.50. The van der Waals surface area contributed by atoms with Crippen LogP contribution in [0.25, 0.3) is 0 Å². The number of nitrogens with zero attached hydrogens (tertiary/aromatic N) is 3. The summed E-state index contributed by atoms with van der Waals surface area (Å²) in [5.74, 6) is 1.09. The summed E-state index contributed by atoms with van der Waals surface area (Å²) in [5, 5.41) is 9.18. The maximum absolute atomic E-state index is 9.18. The summed E-state index contributed by atoms with van der Waals surface area (Å²) in [6.07, 6.45) is 4.45. The second-order valence-electron chi connectivity index (χ2n) is 5.93. The monoisotopic (exact) mass is 261 g/mol. The van der Waals surface area contributed by atoms with E-state index in [0.29, 0.717) is 12.1 Å². The van der Waals surface area contributed by atoms with Gasteiger partial charge in [0.1, 0.15) is 5.82 Å². The van der Waals surface area contributed by atoms with Crippen LogP contribution in [-0.4, -0.2) is 46.7 Å². The lowest BCUT2D eigenvalue weighted by molar-refractivity contribution is 0.202. The zero-order valence-corrected chi connectivity index (χ0v) is 11.8. The molecule has 0 radical (unpaired) electrons. The van der Waals surface area contributed by atoms with Crippen molar-refractivity contribution < 1.29 is 5.11 Å². The van der Waals surface area contributed by atoms with E-state index in [1.165, 1.54) is 24.9 Å². The molecule has 4 nitrogen and oxygen atoms in total. The molecule has 2 unspecified atom stereocenters. The highest BCUT2D eigenvalue weighted by atomic mass is 16.3. The van der Waals surface area contributed by atoms with Crippen LogP contribution in [0.4, 0.5) is 5.82 Å². The van der Waals surface area contributed by atoms with E-state index in [9.17, 15) is 5.11 Å². The fourth-order valence-electron chi connectivity index (χ4n) is 3.50. The van der Waals surface area contributed by atoms with Gasteiger partial charge < -0.3 is 10.0 Å². The Labute approximate surface area is 115 Å². The molecule has 1 aromatic heterocycles. The second-order valence-corrected chi connectivity index (χ2v) is 5.93. The lowest BCUT2D eigenvalue weighted by atomic mass is 10.1. The van der Waals surface area contributed by atoms with E-state index < -0.39 is 0 Å². The van der Waals surface area contributed by atoms with Gasteiger partial charge in [-0.15, -0.1) is 0 Å². The first kappa shape index (κ1) is 12.9. The molecule has 1 N–H and O–H groups in total. The summed E-state index contributed by atoms with van der Waals surface area (Å²) in [5.41, 5.74) is 2.07. The molecule has 0 aliphatic carbocycles. The lowest BCUT2D eigenvalue weighted by Gasteiger charge is -2.43. The summed E-state index contributed by atoms with van der Waals surface area (Å²) in [4.78, 5) is 9.66. The van der Waals surface area contributed by atoms with E-state index in [2.05, 4.69) is 34.7 Å². The van der Waals surface area contributed by atoms with Gasteiger partial charge >= 0.3 is 0 Å². The molecule has 2 aliphatic heterocycles. The molecule has 0 aromatic carbocycles. The van der Waals surface area contributed by atoms with Gasteiger partial charge in [0.15, 0.2) is 0 Å².